The second kappa shape index (κ2) is 8.09. The zero-order chi connectivity index (χ0) is 18.5. The number of nitrogens with one attached hydrogen (secondary N) is 2. The van der Waals surface area contributed by atoms with Crippen LogP contribution in [0.25, 0.3) is 0 Å². The molecule has 1 saturated heterocycles. The van der Waals surface area contributed by atoms with Crippen LogP contribution in [-0.2, 0) is 4.79 Å². The van der Waals surface area contributed by atoms with Crippen molar-refractivity contribution in [2.75, 3.05) is 18.5 Å². The van der Waals surface area contributed by atoms with Crippen LogP contribution < -0.4 is 5.43 Å². The molecular weight excluding hydrogens is 362 g/mol. The third kappa shape index (κ3) is 4.03. The van der Waals surface area contributed by atoms with E-state index in [0.29, 0.717) is 30.7 Å². The molecule has 1 aliphatic heterocycles. The van der Waals surface area contributed by atoms with Crippen LogP contribution in [0.4, 0.5) is 5.95 Å². The molecule has 8 nitrogen and oxygen atoms in total. The van der Waals surface area contributed by atoms with Gasteiger partial charge < -0.3 is 4.90 Å². The van der Waals surface area contributed by atoms with E-state index in [0.717, 1.165) is 17.7 Å². The Morgan fingerprint density at radius 2 is 2.00 bits per heavy atom. The summed E-state index contributed by atoms with van der Waals surface area (Å²) >= 11 is 1.48. The lowest BCUT2D eigenvalue weighted by Crippen LogP contribution is -2.42. The number of hydrogen-bond acceptors (Lipinski definition) is 7. The summed E-state index contributed by atoms with van der Waals surface area (Å²) in [4.78, 5) is 15.8. The molecule has 0 unspecified atom stereocenters. The zero-order valence-corrected chi connectivity index (χ0v) is 15.4. The summed E-state index contributed by atoms with van der Waals surface area (Å²) in [5.41, 5.74) is 4.44. The van der Waals surface area contributed by atoms with E-state index in [-0.39, 0.29) is 5.91 Å². The van der Waals surface area contributed by atoms with E-state index in [1.165, 1.54) is 16.9 Å². The Labute approximate surface area is 160 Å². The molecule has 0 saturated carbocycles. The number of tetrazole rings is 1. The number of carbonyl (C=O) groups excluding carboxylic acids is 1. The summed E-state index contributed by atoms with van der Waals surface area (Å²) in [5.74, 6) is 0.708. The number of hydrazone groups is 1. The molecular formula is C18H19N7OS. The number of likely N-dealkylation sites (tertiary alicyclic amines) is 1. The van der Waals surface area contributed by atoms with E-state index in [1.54, 1.807) is 0 Å². The first kappa shape index (κ1) is 17.3. The molecule has 0 aliphatic carbocycles. The van der Waals surface area contributed by atoms with E-state index >= 15 is 0 Å². The number of carbonyl (C=O) groups is 1. The van der Waals surface area contributed by atoms with Gasteiger partial charge in [-0.1, -0.05) is 41.5 Å². The molecule has 3 aromatic rings. The predicted octanol–water partition coefficient (Wildman–Crippen LogP) is 2.48. The fraction of sp³-hybridized carbons (Fsp3) is 0.278. The maximum atomic E-state index is 13.1. The molecule has 2 N–H and O–H groups in total. The molecule has 1 aliphatic rings. The Kier molecular flexibility index (Phi) is 5.20. The van der Waals surface area contributed by atoms with Gasteiger partial charge >= 0.3 is 0 Å². The Bertz CT molecular complexity index is 885. The van der Waals surface area contributed by atoms with Gasteiger partial charge in [0.1, 0.15) is 0 Å². The number of amides is 1. The number of aromatic nitrogens is 4. The van der Waals surface area contributed by atoms with Crippen LogP contribution >= 0.6 is 11.3 Å². The summed E-state index contributed by atoms with van der Waals surface area (Å²) in [6, 6.07) is 14.3. The quantitative estimate of drug-likeness (QED) is 0.522. The highest BCUT2D eigenvalue weighted by Gasteiger charge is 2.27. The van der Waals surface area contributed by atoms with Crippen LogP contribution in [0.3, 0.4) is 0 Å². The van der Waals surface area contributed by atoms with Gasteiger partial charge in [-0.3, -0.25) is 4.79 Å². The molecule has 138 valence electrons. The summed E-state index contributed by atoms with van der Waals surface area (Å²) < 4.78 is 0. The SMILES string of the molecule is O=C(/C(=N\Nc1nnn[nH]1)c1cccs1)N1CCC(c2ccccc2)CC1. The van der Waals surface area contributed by atoms with Crippen LogP contribution in [-0.4, -0.2) is 50.2 Å². The number of piperidine rings is 1. The maximum Gasteiger partial charge on any atom is 0.275 e. The van der Waals surface area contributed by atoms with Crippen molar-refractivity contribution in [2.24, 2.45) is 5.10 Å². The number of hydrogen-bond donors (Lipinski definition) is 2. The van der Waals surface area contributed by atoms with Crippen LogP contribution in [0.1, 0.15) is 29.2 Å². The van der Waals surface area contributed by atoms with Gasteiger partial charge in [-0.25, -0.2) is 10.5 Å². The standard InChI is InChI=1S/C18H19N7OS/c26-17(25-10-8-14(9-11-25)13-5-2-1-3-6-13)16(15-7-4-12-27-15)19-20-18-21-23-24-22-18/h1-7,12,14H,8-11H2,(H2,20,21,22,23,24)/b19-16-. The van der Waals surface area contributed by atoms with E-state index < -0.39 is 0 Å². The molecule has 0 spiro atoms. The van der Waals surface area contributed by atoms with Crippen molar-refractivity contribution >= 4 is 28.9 Å². The lowest BCUT2D eigenvalue weighted by atomic mass is 9.89. The fourth-order valence-corrected chi connectivity index (χ4v) is 3.93. The highest BCUT2D eigenvalue weighted by molar-refractivity contribution is 7.13. The third-order valence-electron chi connectivity index (χ3n) is 4.63. The average molecular weight is 381 g/mol. The first-order valence-corrected chi connectivity index (χ1v) is 9.65. The Morgan fingerprint density at radius 3 is 2.67 bits per heavy atom. The van der Waals surface area contributed by atoms with Crippen LogP contribution in [0, 0.1) is 0 Å². The molecule has 1 amide bonds. The van der Waals surface area contributed by atoms with Gasteiger partial charge in [0.2, 0.25) is 0 Å². The molecule has 9 heteroatoms. The number of nitrogens with zero attached hydrogens (tertiary/aromatic N) is 5. The highest BCUT2D eigenvalue weighted by atomic mass is 32.1. The largest absolute Gasteiger partial charge is 0.337 e. The minimum Gasteiger partial charge on any atom is -0.337 e. The summed E-state index contributed by atoms with van der Waals surface area (Å²) in [6.45, 7) is 1.43. The molecule has 0 atom stereocenters. The van der Waals surface area contributed by atoms with Crippen molar-refractivity contribution in [1.82, 2.24) is 25.5 Å². The van der Waals surface area contributed by atoms with Crippen LogP contribution in [0.15, 0.2) is 52.9 Å². The Hall–Kier alpha value is -3.07. The molecule has 3 heterocycles. The lowest BCUT2D eigenvalue weighted by molar-refractivity contribution is -0.125. The number of aromatic amines is 1. The monoisotopic (exact) mass is 381 g/mol. The van der Waals surface area contributed by atoms with E-state index in [2.05, 4.69) is 55.4 Å². The minimum absolute atomic E-state index is 0.0797. The van der Waals surface area contributed by atoms with Crippen molar-refractivity contribution in [3.8, 4) is 0 Å². The number of benzene rings is 1. The van der Waals surface area contributed by atoms with Crippen molar-refractivity contribution in [3.63, 3.8) is 0 Å². The number of thiophene rings is 1. The van der Waals surface area contributed by atoms with E-state index in [9.17, 15) is 4.79 Å². The highest BCUT2D eigenvalue weighted by Crippen LogP contribution is 2.28. The van der Waals surface area contributed by atoms with Gasteiger partial charge in [0, 0.05) is 13.1 Å². The molecule has 2 aromatic heterocycles. The van der Waals surface area contributed by atoms with Crippen molar-refractivity contribution in [1.29, 1.82) is 0 Å². The molecule has 1 aromatic carbocycles. The summed E-state index contributed by atoms with van der Waals surface area (Å²) in [5, 5.41) is 19.5. The number of H-pyrrole nitrogens is 1. The predicted molar refractivity (Wildman–Crippen MR) is 104 cm³/mol. The van der Waals surface area contributed by atoms with Gasteiger partial charge in [-0.05, 0) is 46.2 Å². The average Bonchev–Trinajstić information content (AvgIpc) is 3.43. The van der Waals surface area contributed by atoms with Crippen molar-refractivity contribution < 1.29 is 4.79 Å². The smallest absolute Gasteiger partial charge is 0.275 e. The topological polar surface area (TPSA) is 99.2 Å². The van der Waals surface area contributed by atoms with Crippen molar-refractivity contribution in [3.05, 3.63) is 58.3 Å². The van der Waals surface area contributed by atoms with Crippen LogP contribution in [0.5, 0.6) is 0 Å². The Morgan fingerprint density at radius 1 is 1.19 bits per heavy atom. The van der Waals surface area contributed by atoms with Crippen LogP contribution in [0.2, 0.25) is 0 Å². The maximum absolute atomic E-state index is 13.1. The molecule has 1 fully saturated rings. The van der Waals surface area contributed by atoms with Gasteiger partial charge in [0.05, 0.1) is 4.88 Å². The zero-order valence-electron chi connectivity index (χ0n) is 14.6. The van der Waals surface area contributed by atoms with Gasteiger partial charge in [-0.15, -0.1) is 11.3 Å². The van der Waals surface area contributed by atoms with Crippen molar-refractivity contribution in [2.45, 2.75) is 18.8 Å². The molecule has 27 heavy (non-hydrogen) atoms. The van der Waals surface area contributed by atoms with Gasteiger partial charge in [0.25, 0.3) is 11.9 Å². The second-order valence-electron chi connectivity index (χ2n) is 6.28. The molecule has 0 bridgehead atoms. The van der Waals surface area contributed by atoms with E-state index in [4.69, 9.17) is 0 Å². The third-order valence-corrected chi connectivity index (χ3v) is 5.51. The molecule has 0 radical (unpaired) electrons. The second-order valence-corrected chi connectivity index (χ2v) is 7.22. The normalized spacial score (nSPS) is 15.7. The summed E-state index contributed by atoms with van der Waals surface area (Å²) in [7, 11) is 0. The number of rotatable bonds is 5. The summed E-state index contributed by atoms with van der Waals surface area (Å²) in [6.07, 6.45) is 1.90. The fourth-order valence-electron chi connectivity index (χ4n) is 3.23. The minimum atomic E-state index is -0.0797. The first-order valence-electron chi connectivity index (χ1n) is 8.77. The number of anilines is 1. The first-order chi connectivity index (χ1) is 13.3. The molecule has 4 rings (SSSR count). The van der Waals surface area contributed by atoms with E-state index in [1.807, 2.05) is 28.5 Å². The lowest BCUT2D eigenvalue weighted by Gasteiger charge is -2.32. The van der Waals surface area contributed by atoms with Gasteiger partial charge in [0.15, 0.2) is 5.71 Å². The van der Waals surface area contributed by atoms with Gasteiger partial charge in [-0.2, -0.15) is 5.10 Å². The Balaban J connectivity index is 1.47.